The second kappa shape index (κ2) is 4.55. The molecule has 2 aromatic rings. The normalized spacial score (nSPS) is 10.2. The van der Waals surface area contributed by atoms with Crippen LogP contribution in [0.3, 0.4) is 0 Å². The number of carbonyl (C=O) groups is 1. The quantitative estimate of drug-likeness (QED) is 0.885. The minimum Gasteiger partial charge on any atom is -0.478 e. The number of aromatic nitrogens is 1. The molecule has 0 aliphatic heterocycles. The fourth-order valence-electron chi connectivity index (χ4n) is 1.58. The van der Waals surface area contributed by atoms with Crippen molar-refractivity contribution in [3.05, 3.63) is 52.8 Å². The second-order valence-electron chi connectivity index (χ2n) is 3.75. The highest BCUT2D eigenvalue weighted by molar-refractivity contribution is 6.33. The van der Waals surface area contributed by atoms with Crippen molar-refractivity contribution in [3.63, 3.8) is 0 Å². The topological polar surface area (TPSA) is 50.2 Å². The maximum Gasteiger partial charge on any atom is 0.337 e. The molecule has 1 aromatic carbocycles. The van der Waals surface area contributed by atoms with Gasteiger partial charge in [0.15, 0.2) is 0 Å². The van der Waals surface area contributed by atoms with Crippen molar-refractivity contribution in [2.45, 2.75) is 6.92 Å². The summed E-state index contributed by atoms with van der Waals surface area (Å²) in [6.45, 7) is 1.95. The molecule has 1 heterocycles. The van der Waals surface area contributed by atoms with E-state index in [1.165, 1.54) is 6.07 Å². The molecule has 0 saturated heterocycles. The summed E-state index contributed by atoms with van der Waals surface area (Å²) >= 11 is 5.91. The molecular formula is C13H10ClNO2. The highest BCUT2D eigenvalue weighted by Crippen LogP contribution is 2.25. The van der Waals surface area contributed by atoms with Crippen LogP contribution >= 0.6 is 11.6 Å². The third-order valence-electron chi connectivity index (χ3n) is 2.41. The molecule has 3 nitrogen and oxygen atoms in total. The van der Waals surface area contributed by atoms with Gasteiger partial charge in [0.05, 0.1) is 10.6 Å². The first kappa shape index (κ1) is 11.6. The van der Waals surface area contributed by atoms with Crippen LogP contribution in [0.5, 0.6) is 0 Å². The van der Waals surface area contributed by atoms with Crippen molar-refractivity contribution in [1.82, 2.24) is 4.98 Å². The van der Waals surface area contributed by atoms with Crippen molar-refractivity contribution in [1.29, 1.82) is 0 Å². The molecule has 4 heteroatoms. The molecule has 0 saturated carbocycles. The SMILES string of the molecule is Cc1cncc(-c2ccc(C(=O)O)c(Cl)c2)c1. The Morgan fingerprint density at radius 3 is 2.59 bits per heavy atom. The Bertz CT molecular complexity index is 581. The van der Waals surface area contributed by atoms with E-state index in [2.05, 4.69) is 4.98 Å². The van der Waals surface area contributed by atoms with Crippen LogP contribution < -0.4 is 0 Å². The van der Waals surface area contributed by atoms with Crippen LogP contribution in [0.25, 0.3) is 11.1 Å². The number of halogens is 1. The number of aromatic carboxylic acids is 1. The number of benzene rings is 1. The van der Waals surface area contributed by atoms with Gasteiger partial charge in [-0.2, -0.15) is 0 Å². The zero-order valence-electron chi connectivity index (χ0n) is 9.14. The Morgan fingerprint density at radius 1 is 1.24 bits per heavy atom. The van der Waals surface area contributed by atoms with E-state index in [9.17, 15) is 4.79 Å². The van der Waals surface area contributed by atoms with E-state index >= 15 is 0 Å². The van der Waals surface area contributed by atoms with Gasteiger partial charge in [-0.25, -0.2) is 4.79 Å². The average Bonchev–Trinajstić information content (AvgIpc) is 2.28. The Kier molecular flexibility index (Phi) is 3.11. The van der Waals surface area contributed by atoms with Crippen molar-refractivity contribution in [2.24, 2.45) is 0 Å². The predicted molar refractivity (Wildman–Crippen MR) is 66.4 cm³/mol. The summed E-state index contributed by atoms with van der Waals surface area (Å²) < 4.78 is 0. The number of hydrogen-bond acceptors (Lipinski definition) is 2. The molecule has 0 fully saturated rings. The van der Waals surface area contributed by atoms with Crippen LogP contribution in [0.15, 0.2) is 36.7 Å². The number of hydrogen-bond donors (Lipinski definition) is 1. The standard InChI is InChI=1S/C13H10ClNO2/c1-8-4-10(7-15-6-8)9-2-3-11(13(16)17)12(14)5-9/h2-7H,1H3,(H,16,17). The van der Waals surface area contributed by atoms with E-state index in [1.807, 2.05) is 13.0 Å². The van der Waals surface area contributed by atoms with E-state index in [4.69, 9.17) is 16.7 Å². The summed E-state index contributed by atoms with van der Waals surface area (Å²) in [6, 6.07) is 6.84. The molecule has 1 N–H and O–H groups in total. The van der Waals surface area contributed by atoms with Crippen LogP contribution in [0, 0.1) is 6.92 Å². The first-order valence-corrected chi connectivity index (χ1v) is 5.40. The number of aryl methyl sites for hydroxylation is 1. The zero-order valence-corrected chi connectivity index (χ0v) is 9.90. The first-order valence-electron chi connectivity index (χ1n) is 5.03. The fourth-order valence-corrected chi connectivity index (χ4v) is 1.84. The van der Waals surface area contributed by atoms with Gasteiger partial charge in [-0.15, -0.1) is 0 Å². The molecule has 0 amide bonds. The van der Waals surface area contributed by atoms with Crippen LogP contribution in [-0.4, -0.2) is 16.1 Å². The summed E-state index contributed by atoms with van der Waals surface area (Å²) in [5.74, 6) is -1.02. The fraction of sp³-hybridized carbons (Fsp3) is 0.0769. The van der Waals surface area contributed by atoms with Crippen molar-refractivity contribution < 1.29 is 9.90 Å². The average molecular weight is 248 g/mol. The Hall–Kier alpha value is -1.87. The van der Waals surface area contributed by atoms with Crippen LogP contribution in [0.4, 0.5) is 0 Å². The highest BCUT2D eigenvalue weighted by atomic mass is 35.5. The van der Waals surface area contributed by atoms with Crippen molar-refractivity contribution >= 4 is 17.6 Å². The largest absolute Gasteiger partial charge is 0.478 e. The Morgan fingerprint density at radius 2 is 2.00 bits per heavy atom. The first-order chi connectivity index (χ1) is 8.08. The van der Waals surface area contributed by atoms with Crippen LogP contribution in [0.2, 0.25) is 5.02 Å². The van der Waals surface area contributed by atoms with Gasteiger partial charge in [-0.3, -0.25) is 4.98 Å². The van der Waals surface area contributed by atoms with E-state index in [0.29, 0.717) is 0 Å². The molecule has 0 bridgehead atoms. The highest BCUT2D eigenvalue weighted by Gasteiger charge is 2.09. The lowest BCUT2D eigenvalue weighted by atomic mass is 10.0. The number of carboxylic acid groups (broad SMARTS) is 1. The molecule has 0 atom stereocenters. The zero-order chi connectivity index (χ0) is 12.4. The summed E-state index contributed by atoms with van der Waals surface area (Å²) in [7, 11) is 0. The lowest BCUT2D eigenvalue weighted by Gasteiger charge is -2.05. The third-order valence-corrected chi connectivity index (χ3v) is 2.72. The van der Waals surface area contributed by atoms with Crippen molar-refractivity contribution in [2.75, 3.05) is 0 Å². The van der Waals surface area contributed by atoms with Crippen LogP contribution in [0.1, 0.15) is 15.9 Å². The van der Waals surface area contributed by atoms with E-state index < -0.39 is 5.97 Å². The molecule has 0 radical (unpaired) electrons. The predicted octanol–water partition coefficient (Wildman–Crippen LogP) is 3.41. The smallest absolute Gasteiger partial charge is 0.337 e. The van der Waals surface area contributed by atoms with Gasteiger partial charge in [-0.1, -0.05) is 17.7 Å². The number of pyridine rings is 1. The van der Waals surface area contributed by atoms with Gasteiger partial charge < -0.3 is 5.11 Å². The molecule has 0 aliphatic carbocycles. The second-order valence-corrected chi connectivity index (χ2v) is 4.16. The van der Waals surface area contributed by atoms with Gasteiger partial charge >= 0.3 is 5.97 Å². The maximum absolute atomic E-state index is 10.8. The Balaban J connectivity index is 2.48. The minimum absolute atomic E-state index is 0.107. The Labute approximate surface area is 104 Å². The van der Waals surface area contributed by atoms with Gasteiger partial charge in [0.1, 0.15) is 0 Å². The van der Waals surface area contributed by atoms with Gasteiger partial charge in [-0.05, 0) is 36.2 Å². The molecule has 17 heavy (non-hydrogen) atoms. The summed E-state index contributed by atoms with van der Waals surface area (Å²) in [5, 5.41) is 9.11. The van der Waals surface area contributed by atoms with E-state index in [-0.39, 0.29) is 10.6 Å². The lowest BCUT2D eigenvalue weighted by Crippen LogP contribution is -1.97. The summed E-state index contributed by atoms with van der Waals surface area (Å²) in [6.07, 6.45) is 3.48. The molecule has 1 aromatic heterocycles. The molecular weight excluding hydrogens is 238 g/mol. The summed E-state index contributed by atoms with van der Waals surface area (Å²) in [4.78, 5) is 14.9. The number of carboxylic acids is 1. The van der Waals surface area contributed by atoms with Gasteiger partial charge in [0.25, 0.3) is 0 Å². The monoisotopic (exact) mass is 247 g/mol. The summed E-state index contributed by atoms with van der Waals surface area (Å²) in [5.41, 5.74) is 2.93. The third kappa shape index (κ3) is 2.45. The van der Waals surface area contributed by atoms with Gasteiger partial charge in [0.2, 0.25) is 0 Å². The van der Waals surface area contributed by atoms with E-state index in [0.717, 1.165) is 16.7 Å². The van der Waals surface area contributed by atoms with Crippen molar-refractivity contribution in [3.8, 4) is 11.1 Å². The number of rotatable bonds is 2. The number of nitrogens with zero attached hydrogens (tertiary/aromatic N) is 1. The molecule has 2 rings (SSSR count). The molecule has 0 spiro atoms. The maximum atomic E-state index is 10.8. The molecule has 0 aliphatic rings. The van der Waals surface area contributed by atoms with E-state index in [1.54, 1.807) is 24.5 Å². The van der Waals surface area contributed by atoms with Gasteiger partial charge in [0, 0.05) is 18.0 Å². The molecule has 0 unspecified atom stereocenters. The molecule has 86 valence electrons. The van der Waals surface area contributed by atoms with Crippen LogP contribution in [-0.2, 0) is 0 Å². The minimum atomic E-state index is -1.02. The lowest BCUT2D eigenvalue weighted by molar-refractivity contribution is 0.0697.